The van der Waals surface area contributed by atoms with Gasteiger partial charge in [0.05, 0.1) is 12.2 Å². The van der Waals surface area contributed by atoms with E-state index in [4.69, 9.17) is 33.0 Å². The average Bonchev–Trinajstić information content (AvgIpc) is 3.14. The fourth-order valence-corrected chi connectivity index (χ4v) is 4.50. The highest BCUT2D eigenvalue weighted by Gasteiger charge is 2.35. The summed E-state index contributed by atoms with van der Waals surface area (Å²) in [6, 6.07) is 14.6. The van der Waals surface area contributed by atoms with Crippen molar-refractivity contribution >= 4 is 46.9 Å². The minimum atomic E-state index is -0.472. The summed E-state index contributed by atoms with van der Waals surface area (Å²) in [7, 11) is 0. The van der Waals surface area contributed by atoms with E-state index in [1.54, 1.807) is 23.7 Å². The first-order chi connectivity index (χ1) is 15.0. The maximum Gasteiger partial charge on any atom is 0.338 e. The van der Waals surface area contributed by atoms with Crippen molar-refractivity contribution in [1.29, 1.82) is 0 Å². The Hall–Kier alpha value is -2.48. The number of allylic oxidation sites excluding steroid dienone is 1. The summed E-state index contributed by atoms with van der Waals surface area (Å²) in [5, 5.41) is 9.80. The van der Waals surface area contributed by atoms with E-state index < -0.39 is 6.04 Å². The third-order valence-electron chi connectivity index (χ3n) is 4.77. The predicted molar refractivity (Wildman–Crippen MR) is 124 cm³/mol. The largest absolute Gasteiger partial charge is 0.463 e. The quantitative estimate of drug-likeness (QED) is 0.363. The number of hydrogen-bond donors (Lipinski definition) is 1. The van der Waals surface area contributed by atoms with E-state index in [2.05, 4.69) is 10.3 Å². The molecule has 6 nitrogen and oxygen atoms in total. The minimum absolute atomic E-state index is 0.286. The molecule has 2 aromatic carbocycles. The summed E-state index contributed by atoms with van der Waals surface area (Å²) in [6.45, 7) is 3.91. The van der Waals surface area contributed by atoms with Gasteiger partial charge in [-0.2, -0.15) is 4.98 Å². The molecule has 0 fully saturated rings. The normalized spacial score (nSPS) is 15.4. The number of aromatic nitrogens is 3. The maximum atomic E-state index is 12.8. The number of halogens is 2. The van der Waals surface area contributed by atoms with Crippen molar-refractivity contribution in [1.82, 2.24) is 14.8 Å². The standard InChI is InChI=1S/C22H20Cl2N4O2S/c1-3-30-20(29)18-13(2)25-21-26-22(31-12-14-5-4-6-17(24)11-14)27-28(21)19(18)15-7-9-16(23)10-8-15/h4-11,19H,3,12H2,1-2H3,(H,25,26,27)/t19-/m0/s1. The number of anilines is 1. The lowest BCUT2D eigenvalue weighted by atomic mass is 9.96. The highest BCUT2D eigenvalue weighted by atomic mass is 35.5. The molecule has 0 bridgehead atoms. The Morgan fingerprint density at radius 1 is 1.19 bits per heavy atom. The van der Waals surface area contributed by atoms with Gasteiger partial charge < -0.3 is 10.1 Å². The zero-order chi connectivity index (χ0) is 22.0. The molecular weight excluding hydrogens is 455 g/mol. The number of nitrogens with zero attached hydrogens (tertiary/aromatic N) is 3. The molecule has 0 amide bonds. The molecule has 1 atom stereocenters. The number of nitrogens with one attached hydrogen (secondary N) is 1. The Balaban J connectivity index is 1.68. The molecule has 0 aliphatic carbocycles. The molecule has 4 rings (SSSR count). The van der Waals surface area contributed by atoms with Gasteiger partial charge in [0.2, 0.25) is 11.1 Å². The Bertz CT molecular complexity index is 1140. The molecule has 1 aliphatic heterocycles. The molecule has 0 spiro atoms. The van der Waals surface area contributed by atoms with Crippen LogP contribution in [-0.4, -0.2) is 27.3 Å². The molecule has 1 aliphatic rings. The van der Waals surface area contributed by atoms with Crippen molar-refractivity contribution in [3.8, 4) is 0 Å². The molecule has 0 radical (unpaired) electrons. The van der Waals surface area contributed by atoms with Crippen LogP contribution < -0.4 is 5.32 Å². The Kier molecular flexibility index (Phi) is 6.55. The van der Waals surface area contributed by atoms with Crippen LogP contribution >= 0.6 is 35.0 Å². The van der Waals surface area contributed by atoms with Crippen LogP contribution in [0.25, 0.3) is 0 Å². The SMILES string of the molecule is CCOC(=O)C1=C(C)Nc2nc(SCc3cccc(Cl)c3)nn2[C@H]1c1ccc(Cl)cc1. The van der Waals surface area contributed by atoms with Gasteiger partial charge in [-0.05, 0) is 49.2 Å². The summed E-state index contributed by atoms with van der Waals surface area (Å²) in [5.74, 6) is 0.855. The van der Waals surface area contributed by atoms with E-state index in [1.165, 1.54) is 11.8 Å². The number of fused-ring (bicyclic) bond motifs is 1. The van der Waals surface area contributed by atoms with Crippen molar-refractivity contribution in [3.63, 3.8) is 0 Å². The lowest BCUT2D eigenvalue weighted by Gasteiger charge is -2.28. The summed E-state index contributed by atoms with van der Waals surface area (Å²) in [5.41, 5.74) is 3.12. The molecule has 1 N–H and O–H groups in total. The molecule has 1 aromatic heterocycles. The van der Waals surface area contributed by atoms with Crippen LogP contribution in [0.3, 0.4) is 0 Å². The fraction of sp³-hybridized carbons (Fsp3) is 0.227. The van der Waals surface area contributed by atoms with Crippen LogP contribution in [0.2, 0.25) is 10.0 Å². The molecule has 2 heterocycles. The van der Waals surface area contributed by atoms with Crippen molar-refractivity contribution in [2.75, 3.05) is 11.9 Å². The predicted octanol–water partition coefficient (Wildman–Crippen LogP) is 5.73. The number of esters is 1. The third-order valence-corrected chi connectivity index (χ3v) is 6.17. The first-order valence-electron chi connectivity index (χ1n) is 9.70. The molecule has 3 aromatic rings. The molecular formula is C22H20Cl2N4O2S. The Morgan fingerprint density at radius 3 is 2.68 bits per heavy atom. The second kappa shape index (κ2) is 9.34. The van der Waals surface area contributed by atoms with Gasteiger partial charge in [0, 0.05) is 21.5 Å². The third kappa shape index (κ3) is 4.74. The Labute approximate surface area is 194 Å². The topological polar surface area (TPSA) is 69.0 Å². The van der Waals surface area contributed by atoms with E-state index in [-0.39, 0.29) is 12.6 Å². The van der Waals surface area contributed by atoms with Crippen molar-refractivity contribution in [2.45, 2.75) is 30.8 Å². The maximum absolute atomic E-state index is 12.8. The fourth-order valence-electron chi connectivity index (χ4n) is 3.39. The minimum Gasteiger partial charge on any atom is -0.463 e. The number of benzene rings is 2. The van der Waals surface area contributed by atoms with Gasteiger partial charge in [-0.15, -0.1) is 5.10 Å². The highest BCUT2D eigenvalue weighted by molar-refractivity contribution is 7.98. The van der Waals surface area contributed by atoms with Gasteiger partial charge in [0.25, 0.3) is 0 Å². The number of rotatable bonds is 6. The monoisotopic (exact) mass is 474 g/mol. The second-order valence-corrected chi connectivity index (χ2v) is 8.73. The molecule has 0 unspecified atom stereocenters. The number of carbonyl (C=O) groups excluding carboxylic acids is 1. The lowest BCUT2D eigenvalue weighted by molar-refractivity contribution is -0.139. The van der Waals surface area contributed by atoms with Crippen molar-refractivity contribution in [2.24, 2.45) is 0 Å². The van der Waals surface area contributed by atoms with Gasteiger partial charge in [0.1, 0.15) is 6.04 Å². The van der Waals surface area contributed by atoms with Crippen LogP contribution in [0, 0.1) is 0 Å². The van der Waals surface area contributed by atoms with Crippen molar-refractivity contribution < 1.29 is 9.53 Å². The van der Waals surface area contributed by atoms with Crippen LogP contribution in [0.1, 0.15) is 31.0 Å². The zero-order valence-electron chi connectivity index (χ0n) is 16.9. The highest BCUT2D eigenvalue weighted by Crippen LogP contribution is 2.37. The smallest absolute Gasteiger partial charge is 0.338 e. The molecule has 9 heteroatoms. The Morgan fingerprint density at radius 2 is 1.97 bits per heavy atom. The zero-order valence-corrected chi connectivity index (χ0v) is 19.3. The van der Waals surface area contributed by atoms with Gasteiger partial charge in [-0.3, -0.25) is 0 Å². The van der Waals surface area contributed by atoms with E-state index in [0.717, 1.165) is 11.1 Å². The summed E-state index contributed by atoms with van der Waals surface area (Å²) >= 11 is 13.7. The number of carbonyl (C=O) groups is 1. The first-order valence-corrected chi connectivity index (χ1v) is 11.4. The van der Waals surface area contributed by atoms with Gasteiger partial charge >= 0.3 is 5.97 Å². The van der Waals surface area contributed by atoms with Gasteiger partial charge in [0.15, 0.2) is 0 Å². The average molecular weight is 475 g/mol. The van der Waals surface area contributed by atoms with Gasteiger partial charge in [-0.1, -0.05) is 59.2 Å². The molecule has 0 saturated heterocycles. The molecule has 31 heavy (non-hydrogen) atoms. The van der Waals surface area contributed by atoms with E-state index in [0.29, 0.717) is 38.2 Å². The number of thioether (sulfide) groups is 1. The lowest BCUT2D eigenvalue weighted by Crippen LogP contribution is -2.29. The van der Waals surface area contributed by atoms with E-state index >= 15 is 0 Å². The van der Waals surface area contributed by atoms with Crippen LogP contribution in [-0.2, 0) is 15.3 Å². The molecule has 0 saturated carbocycles. The molecule has 160 valence electrons. The van der Waals surface area contributed by atoms with E-state index in [9.17, 15) is 4.79 Å². The summed E-state index contributed by atoms with van der Waals surface area (Å²) in [6.07, 6.45) is 0. The summed E-state index contributed by atoms with van der Waals surface area (Å²) < 4.78 is 7.05. The summed E-state index contributed by atoms with van der Waals surface area (Å²) in [4.78, 5) is 17.4. The van der Waals surface area contributed by atoms with Crippen LogP contribution in [0.4, 0.5) is 5.95 Å². The van der Waals surface area contributed by atoms with E-state index in [1.807, 2.05) is 43.3 Å². The van der Waals surface area contributed by atoms with Crippen LogP contribution in [0.5, 0.6) is 0 Å². The first kappa shape index (κ1) is 21.7. The van der Waals surface area contributed by atoms with Gasteiger partial charge in [-0.25, -0.2) is 9.48 Å². The number of ether oxygens (including phenoxy) is 1. The number of hydrogen-bond acceptors (Lipinski definition) is 6. The second-order valence-electron chi connectivity index (χ2n) is 6.92. The van der Waals surface area contributed by atoms with Crippen LogP contribution in [0.15, 0.2) is 65.0 Å². The van der Waals surface area contributed by atoms with Crippen molar-refractivity contribution in [3.05, 3.63) is 81.0 Å².